The first-order chi connectivity index (χ1) is 5.29. The van der Waals surface area contributed by atoms with Crippen molar-refractivity contribution in [3.8, 4) is 5.75 Å². The first-order valence-electron chi connectivity index (χ1n) is 3.24. The third kappa shape index (κ3) is 0.870. The van der Waals surface area contributed by atoms with Gasteiger partial charge in [0.25, 0.3) is 0 Å². The van der Waals surface area contributed by atoms with Gasteiger partial charge in [-0.15, -0.1) is 0 Å². The van der Waals surface area contributed by atoms with Crippen LogP contribution in [0.2, 0.25) is 0 Å². The van der Waals surface area contributed by atoms with Crippen molar-refractivity contribution < 1.29 is 5.11 Å². The molecule has 0 saturated heterocycles. The smallest absolute Gasteiger partial charge is 0.142 e. The van der Waals surface area contributed by atoms with Crippen LogP contribution < -0.4 is 0 Å². The summed E-state index contributed by atoms with van der Waals surface area (Å²) in [7, 11) is 0. The minimum atomic E-state index is 0.218. The number of hydrogen-bond acceptors (Lipinski definition) is 1. The average Bonchev–Trinajstić information content (AvgIpc) is 2.30. The summed E-state index contributed by atoms with van der Waals surface area (Å²) < 4.78 is 1.38. The Bertz CT molecular complexity index is 358. The van der Waals surface area contributed by atoms with Crippen molar-refractivity contribution in [2.24, 2.45) is 0 Å². The van der Waals surface area contributed by atoms with Gasteiger partial charge in [0, 0.05) is 17.2 Å². The molecule has 2 rings (SSSR count). The van der Waals surface area contributed by atoms with Crippen LogP contribution in [0.4, 0.5) is 0 Å². The van der Waals surface area contributed by atoms with Gasteiger partial charge in [0.15, 0.2) is 0 Å². The van der Waals surface area contributed by atoms with E-state index in [0.717, 1.165) is 10.9 Å². The first-order valence-corrected chi connectivity index (χ1v) is 3.58. The topological polar surface area (TPSA) is 25.2 Å². The Balaban J connectivity index is 2.95. The largest absolute Gasteiger partial charge is 0.506 e. The number of aromatic hydroxyl groups is 1. The molecule has 0 aliphatic rings. The number of fused-ring (bicyclic) bond motifs is 1. The van der Waals surface area contributed by atoms with Gasteiger partial charge in [-0.05, 0) is 12.1 Å². The van der Waals surface area contributed by atoms with E-state index in [4.69, 9.17) is 11.8 Å². The predicted octanol–water partition coefficient (Wildman–Crippen LogP) is 2.35. The molecule has 0 bridgehead atoms. The van der Waals surface area contributed by atoms with E-state index in [9.17, 15) is 5.11 Å². The van der Waals surface area contributed by atoms with E-state index in [0.29, 0.717) is 0 Å². The van der Waals surface area contributed by atoms with Crippen LogP contribution in [-0.2, 0) is 0 Å². The molecule has 1 aromatic heterocycles. The molecule has 0 aliphatic heterocycles. The third-order valence-corrected chi connectivity index (χ3v) is 1.93. The predicted molar refractivity (Wildman–Crippen MR) is 44.9 cm³/mol. The van der Waals surface area contributed by atoms with Crippen molar-refractivity contribution in [2.45, 2.75) is 0 Å². The molecule has 1 aromatic carbocycles. The highest BCUT2D eigenvalue weighted by atomic mass is 35.5. The van der Waals surface area contributed by atoms with Crippen molar-refractivity contribution in [3.05, 3.63) is 30.5 Å². The molecule has 1 heterocycles. The lowest BCUT2D eigenvalue weighted by Gasteiger charge is -1.89. The number of nitrogens with zero attached hydrogens (tertiary/aromatic N) is 1. The molecule has 0 unspecified atom stereocenters. The molecular formula is C8H6ClNO. The number of rotatable bonds is 0. The van der Waals surface area contributed by atoms with Gasteiger partial charge in [-0.1, -0.05) is 12.1 Å². The van der Waals surface area contributed by atoms with Crippen LogP contribution in [0.5, 0.6) is 5.75 Å². The number of aromatic nitrogens is 1. The summed E-state index contributed by atoms with van der Waals surface area (Å²) >= 11 is 5.73. The Hall–Kier alpha value is -1.15. The summed E-state index contributed by atoms with van der Waals surface area (Å²) in [5.74, 6) is 0.218. The van der Waals surface area contributed by atoms with Crippen LogP contribution in [0.1, 0.15) is 0 Å². The van der Waals surface area contributed by atoms with Crippen molar-refractivity contribution in [3.63, 3.8) is 0 Å². The molecule has 0 fully saturated rings. The van der Waals surface area contributed by atoms with Gasteiger partial charge in [0.1, 0.15) is 5.75 Å². The average molecular weight is 168 g/mol. The number of benzene rings is 1. The fourth-order valence-corrected chi connectivity index (χ4v) is 1.36. The minimum absolute atomic E-state index is 0.218. The Morgan fingerprint density at radius 3 is 2.73 bits per heavy atom. The number of halogens is 1. The number of hydrogen-bond donors (Lipinski definition) is 1. The molecule has 56 valence electrons. The summed E-state index contributed by atoms with van der Waals surface area (Å²) in [5, 5.41) is 10.1. The second-order valence-corrected chi connectivity index (χ2v) is 2.71. The van der Waals surface area contributed by atoms with Crippen molar-refractivity contribution >= 4 is 22.7 Å². The normalized spacial score (nSPS) is 10.6. The summed E-state index contributed by atoms with van der Waals surface area (Å²) in [5.41, 5.74) is 0.826. The van der Waals surface area contributed by atoms with E-state index in [2.05, 4.69) is 0 Å². The van der Waals surface area contributed by atoms with Gasteiger partial charge >= 0.3 is 0 Å². The SMILES string of the molecule is Oc1cn(Cl)c2ccccc12. The van der Waals surface area contributed by atoms with Crippen LogP contribution in [0.3, 0.4) is 0 Å². The minimum Gasteiger partial charge on any atom is -0.506 e. The lowest BCUT2D eigenvalue weighted by Crippen LogP contribution is -1.72. The zero-order valence-corrected chi connectivity index (χ0v) is 6.42. The maximum absolute atomic E-state index is 9.29. The molecule has 2 aromatic rings. The van der Waals surface area contributed by atoms with E-state index >= 15 is 0 Å². The monoisotopic (exact) mass is 167 g/mol. The maximum Gasteiger partial charge on any atom is 0.142 e. The lowest BCUT2D eigenvalue weighted by atomic mass is 10.2. The molecule has 0 amide bonds. The Morgan fingerprint density at radius 2 is 2.00 bits per heavy atom. The van der Waals surface area contributed by atoms with Crippen LogP contribution >= 0.6 is 11.8 Å². The van der Waals surface area contributed by atoms with Gasteiger partial charge in [-0.25, -0.2) is 0 Å². The fourth-order valence-electron chi connectivity index (χ4n) is 1.12. The summed E-state index contributed by atoms with van der Waals surface area (Å²) in [6.07, 6.45) is 1.48. The van der Waals surface area contributed by atoms with Crippen LogP contribution in [0.15, 0.2) is 30.5 Å². The van der Waals surface area contributed by atoms with Gasteiger partial charge in [-0.3, -0.25) is 4.09 Å². The van der Waals surface area contributed by atoms with E-state index in [1.165, 1.54) is 10.3 Å². The Kier molecular flexibility index (Phi) is 1.29. The summed E-state index contributed by atoms with van der Waals surface area (Å²) in [6.45, 7) is 0. The third-order valence-electron chi connectivity index (χ3n) is 1.65. The second-order valence-electron chi connectivity index (χ2n) is 2.34. The Morgan fingerprint density at radius 1 is 1.27 bits per heavy atom. The van der Waals surface area contributed by atoms with Gasteiger partial charge in [0.2, 0.25) is 0 Å². The molecule has 0 spiro atoms. The fraction of sp³-hybridized carbons (Fsp3) is 0. The molecular weight excluding hydrogens is 162 g/mol. The molecule has 2 nitrogen and oxygen atoms in total. The second kappa shape index (κ2) is 2.17. The lowest BCUT2D eigenvalue weighted by molar-refractivity contribution is 0.481. The molecule has 11 heavy (non-hydrogen) atoms. The first kappa shape index (κ1) is 6.55. The summed E-state index contributed by atoms with van der Waals surface area (Å²) in [4.78, 5) is 0. The summed E-state index contributed by atoms with van der Waals surface area (Å²) in [6, 6.07) is 7.41. The highest BCUT2D eigenvalue weighted by Crippen LogP contribution is 2.26. The molecule has 0 saturated carbocycles. The van der Waals surface area contributed by atoms with Crippen LogP contribution in [-0.4, -0.2) is 9.19 Å². The van der Waals surface area contributed by atoms with Gasteiger partial charge < -0.3 is 5.11 Å². The standard InChI is InChI=1S/C8H6ClNO/c9-10-5-8(11)6-3-1-2-4-7(6)10/h1-5,11H. The van der Waals surface area contributed by atoms with E-state index < -0.39 is 0 Å². The Labute approximate surface area is 68.7 Å². The van der Waals surface area contributed by atoms with Crippen molar-refractivity contribution in [2.75, 3.05) is 0 Å². The van der Waals surface area contributed by atoms with Gasteiger partial charge in [-0.2, -0.15) is 0 Å². The highest BCUT2D eigenvalue weighted by molar-refractivity contribution is 6.19. The van der Waals surface area contributed by atoms with E-state index in [-0.39, 0.29) is 5.75 Å². The number of para-hydroxylation sites is 1. The van der Waals surface area contributed by atoms with Gasteiger partial charge in [0.05, 0.1) is 11.7 Å². The highest BCUT2D eigenvalue weighted by Gasteiger charge is 2.03. The van der Waals surface area contributed by atoms with Crippen LogP contribution in [0.25, 0.3) is 10.9 Å². The van der Waals surface area contributed by atoms with Crippen LogP contribution in [0, 0.1) is 0 Å². The molecule has 0 aliphatic carbocycles. The molecule has 0 atom stereocenters. The van der Waals surface area contributed by atoms with E-state index in [1.54, 1.807) is 0 Å². The molecule has 1 N–H and O–H groups in total. The zero-order valence-electron chi connectivity index (χ0n) is 5.66. The zero-order chi connectivity index (χ0) is 7.84. The quantitative estimate of drug-likeness (QED) is 0.640. The van der Waals surface area contributed by atoms with Crippen molar-refractivity contribution in [1.29, 1.82) is 0 Å². The molecule has 3 heteroatoms. The maximum atomic E-state index is 9.29. The van der Waals surface area contributed by atoms with E-state index in [1.807, 2.05) is 24.3 Å². The molecule has 0 radical (unpaired) electrons. The van der Waals surface area contributed by atoms with Crippen molar-refractivity contribution in [1.82, 2.24) is 4.09 Å².